The molecule has 5 heteroatoms. The van der Waals surface area contributed by atoms with Crippen molar-refractivity contribution in [3.05, 3.63) is 29.3 Å². The van der Waals surface area contributed by atoms with Gasteiger partial charge in [0.15, 0.2) is 0 Å². The van der Waals surface area contributed by atoms with Crippen molar-refractivity contribution in [3.63, 3.8) is 0 Å². The first-order chi connectivity index (χ1) is 9.82. The smallest absolute Gasteiger partial charge is 0.243 e. The molecule has 1 aliphatic rings. The van der Waals surface area contributed by atoms with E-state index < -0.39 is 10.0 Å². The Kier molecular flexibility index (Phi) is 4.76. The molecule has 118 valence electrons. The molecule has 1 fully saturated rings. The van der Waals surface area contributed by atoms with Crippen molar-refractivity contribution in [1.29, 1.82) is 0 Å². The molecule has 0 unspecified atom stereocenters. The van der Waals surface area contributed by atoms with Crippen LogP contribution >= 0.6 is 0 Å². The van der Waals surface area contributed by atoms with Crippen molar-refractivity contribution in [2.75, 3.05) is 13.6 Å². The third-order valence-electron chi connectivity index (χ3n) is 4.34. The third-order valence-corrected chi connectivity index (χ3v) is 6.45. The van der Waals surface area contributed by atoms with Gasteiger partial charge in [0.1, 0.15) is 0 Å². The Hall–Kier alpha value is -0.910. The highest BCUT2D eigenvalue weighted by Gasteiger charge is 2.40. The standard InChI is InChI=1S/C16H26N2O2S/c1-5-13-7-8-15(11-14(13)12-17-4)21(19,20)18-10-6-9-16(18,2)3/h7-8,11,17H,5-6,9-10,12H2,1-4H3. The maximum absolute atomic E-state index is 12.9. The average Bonchev–Trinajstić information content (AvgIpc) is 2.79. The summed E-state index contributed by atoms with van der Waals surface area (Å²) in [5.41, 5.74) is 1.98. The van der Waals surface area contributed by atoms with Gasteiger partial charge in [-0.1, -0.05) is 13.0 Å². The van der Waals surface area contributed by atoms with Gasteiger partial charge < -0.3 is 5.32 Å². The summed E-state index contributed by atoms with van der Waals surface area (Å²) in [7, 11) is -1.53. The van der Waals surface area contributed by atoms with Gasteiger partial charge >= 0.3 is 0 Å². The molecule has 0 aliphatic carbocycles. The molecule has 4 nitrogen and oxygen atoms in total. The first-order valence-electron chi connectivity index (χ1n) is 7.62. The van der Waals surface area contributed by atoms with Gasteiger partial charge in [0, 0.05) is 18.6 Å². The number of sulfonamides is 1. The largest absolute Gasteiger partial charge is 0.316 e. The predicted molar refractivity (Wildman–Crippen MR) is 85.8 cm³/mol. The molecule has 1 heterocycles. The lowest BCUT2D eigenvalue weighted by molar-refractivity contribution is 0.291. The number of nitrogens with zero attached hydrogens (tertiary/aromatic N) is 1. The van der Waals surface area contributed by atoms with Crippen LogP contribution in [-0.2, 0) is 23.0 Å². The lowest BCUT2D eigenvalue weighted by Crippen LogP contribution is -2.42. The lowest BCUT2D eigenvalue weighted by atomic mass is 10.0. The second-order valence-electron chi connectivity index (χ2n) is 6.31. The number of aryl methyl sites for hydroxylation is 1. The van der Waals surface area contributed by atoms with E-state index in [2.05, 4.69) is 12.2 Å². The second-order valence-corrected chi connectivity index (χ2v) is 8.17. The van der Waals surface area contributed by atoms with Gasteiger partial charge in [-0.3, -0.25) is 0 Å². The molecule has 1 N–H and O–H groups in total. The van der Waals surface area contributed by atoms with Gasteiger partial charge in [-0.05, 0) is 63.4 Å². The molecule has 1 aromatic carbocycles. The van der Waals surface area contributed by atoms with Crippen molar-refractivity contribution in [2.45, 2.75) is 57.0 Å². The van der Waals surface area contributed by atoms with Crippen molar-refractivity contribution < 1.29 is 8.42 Å². The Morgan fingerprint density at radius 3 is 2.52 bits per heavy atom. The van der Waals surface area contributed by atoms with E-state index in [-0.39, 0.29) is 5.54 Å². The Morgan fingerprint density at radius 2 is 2.00 bits per heavy atom. The molecule has 21 heavy (non-hydrogen) atoms. The molecule has 0 bridgehead atoms. The molecule has 1 aromatic rings. The van der Waals surface area contributed by atoms with Crippen molar-refractivity contribution in [3.8, 4) is 0 Å². The molecule has 0 amide bonds. The van der Waals surface area contributed by atoms with E-state index in [0.717, 1.165) is 24.8 Å². The van der Waals surface area contributed by atoms with Crippen molar-refractivity contribution in [2.24, 2.45) is 0 Å². The minimum atomic E-state index is -3.41. The zero-order valence-electron chi connectivity index (χ0n) is 13.4. The van der Waals surface area contributed by atoms with Gasteiger partial charge in [-0.15, -0.1) is 0 Å². The minimum absolute atomic E-state index is 0.286. The van der Waals surface area contributed by atoms with Crippen LogP contribution in [0.1, 0.15) is 44.7 Å². The van der Waals surface area contributed by atoms with Crippen LogP contribution in [0.2, 0.25) is 0 Å². The SMILES string of the molecule is CCc1ccc(S(=O)(=O)N2CCCC2(C)C)cc1CNC. The van der Waals surface area contributed by atoms with Gasteiger partial charge in [-0.25, -0.2) is 8.42 Å². The molecule has 1 aliphatic heterocycles. The fourth-order valence-electron chi connectivity index (χ4n) is 3.12. The van der Waals surface area contributed by atoms with Crippen LogP contribution in [0.25, 0.3) is 0 Å². The second kappa shape index (κ2) is 6.07. The Balaban J connectivity index is 2.43. The molecule has 2 rings (SSSR count). The first-order valence-corrected chi connectivity index (χ1v) is 9.06. The number of nitrogens with one attached hydrogen (secondary N) is 1. The molecular formula is C16H26N2O2S. The van der Waals surface area contributed by atoms with Crippen molar-refractivity contribution >= 4 is 10.0 Å². The molecule has 0 aromatic heterocycles. The summed E-state index contributed by atoms with van der Waals surface area (Å²) >= 11 is 0. The number of hydrogen-bond donors (Lipinski definition) is 1. The Bertz CT molecular complexity index is 609. The summed E-state index contributed by atoms with van der Waals surface area (Å²) in [4.78, 5) is 0.417. The first kappa shape index (κ1) is 16.5. The van der Waals surface area contributed by atoms with E-state index in [4.69, 9.17) is 0 Å². The Morgan fingerprint density at radius 1 is 1.29 bits per heavy atom. The summed E-state index contributed by atoms with van der Waals surface area (Å²) in [5.74, 6) is 0. The lowest BCUT2D eigenvalue weighted by Gasteiger charge is -2.30. The van der Waals surface area contributed by atoms with Crippen LogP contribution in [0.15, 0.2) is 23.1 Å². The summed E-state index contributed by atoms with van der Waals surface area (Å²) in [5, 5.41) is 3.11. The molecule has 0 atom stereocenters. The summed E-state index contributed by atoms with van der Waals surface area (Å²) in [6.07, 6.45) is 2.76. The monoisotopic (exact) mass is 310 g/mol. The van der Waals surface area contributed by atoms with E-state index in [9.17, 15) is 8.42 Å². The van der Waals surface area contributed by atoms with Crippen LogP contribution < -0.4 is 5.32 Å². The van der Waals surface area contributed by atoms with Gasteiger partial charge in [0.25, 0.3) is 0 Å². The molecular weight excluding hydrogens is 284 g/mol. The van der Waals surface area contributed by atoms with Crippen LogP contribution in [0.4, 0.5) is 0 Å². The maximum atomic E-state index is 12.9. The van der Waals surface area contributed by atoms with Crippen LogP contribution in [0.5, 0.6) is 0 Å². The fraction of sp³-hybridized carbons (Fsp3) is 0.625. The topological polar surface area (TPSA) is 49.4 Å². The van der Waals surface area contributed by atoms with Gasteiger partial charge in [0.2, 0.25) is 10.0 Å². The summed E-state index contributed by atoms with van der Waals surface area (Å²) in [6, 6.07) is 5.53. The van der Waals surface area contributed by atoms with Crippen molar-refractivity contribution in [1.82, 2.24) is 9.62 Å². The zero-order chi connectivity index (χ0) is 15.7. The van der Waals surface area contributed by atoms with Gasteiger partial charge in [-0.2, -0.15) is 4.31 Å². The van der Waals surface area contributed by atoms with E-state index in [0.29, 0.717) is 18.0 Å². The summed E-state index contributed by atoms with van der Waals surface area (Å²) in [6.45, 7) is 7.41. The normalized spacial score (nSPS) is 19.0. The fourth-order valence-corrected chi connectivity index (χ4v) is 5.02. The minimum Gasteiger partial charge on any atom is -0.316 e. The highest BCUT2D eigenvalue weighted by Crippen LogP contribution is 2.34. The predicted octanol–water partition coefficient (Wildman–Crippen LogP) is 2.53. The molecule has 0 saturated carbocycles. The molecule has 0 spiro atoms. The maximum Gasteiger partial charge on any atom is 0.243 e. The molecule has 1 saturated heterocycles. The van der Waals surface area contributed by atoms with Crippen LogP contribution in [-0.4, -0.2) is 31.9 Å². The number of benzene rings is 1. The highest BCUT2D eigenvalue weighted by molar-refractivity contribution is 7.89. The summed E-state index contributed by atoms with van der Waals surface area (Å²) < 4.78 is 27.5. The zero-order valence-corrected chi connectivity index (χ0v) is 14.3. The van der Waals surface area contributed by atoms with Gasteiger partial charge in [0.05, 0.1) is 4.90 Å². The van der Waals surface area contributed by atoms with Crippen LogP contribution in [0, 0.1) is 0 Å². The number of rotatable bonds is 5. The quantitative estimate of drug-likeness (QED) is 0.909. The van der Waals surface area contributed by atoms with Crippen LogP contribution in [0.3, 0.4) is 0 Å². The third kappa shape index (κ3) is 3.15. The Labute approximate surface area is 128 Å². The molecule has 0 radical (unpaired) electrons. The average molecular weight is 310 g/mol. The highest BCUT2D eigenvalue weighted by atomic mass is 32.2. The number of hydrogen-bond acceptors (Lipinski definition) is 3. The van der Waals surface area contributed by atoms with E-state index in [1.807, 2.05) is 33.0 Å². The van der Waals surface area contributed by atoms with E-state index >= 15 is 0 Å². The van der Waals surface area contributed by atoms with E-state index in [1.54, 1.807) is 10.4 Å². The van der Waals surface area contributed by atoms with E-state index in [1.165, 1.54) is 5.56 Å².